The van der Waals surface area contributed by atoms with Gasteiger partial charge >= 0.3 is 5.97 Å². The number of ether oxygens (including phenoxy) is 1. The Hall–Kier alpha value is -0.910. The van der Waals surface area contributed by atoms with Crippen molar-refractivity contribution < 1.29 is 24.9 Å². The van der Waals surface area contributed by atoms with Crippen LogP contribution in [-0.4, -0.2) is 46.7 Å². The molecule has 0 aromatic rings. The summed E-state index contributed by atoms with van der Waals surface area (Å²) in [6, 6.07) is 0. The lowest BCUT2D eigenvalue weighted by Gasteiger charge is -2.56. The van der Waals surface area contributed by atoms with Crippen LogP contribution < -0.4 is 0 Å². The van der Waals surface area contributed by atoms with Crippen molar-refractivity contribution in [2.75, 3.05) is 7.11 Å². The molecule has 5 heteroatoms. The van der Waals surface area contributed by atoms with E-state index in [9.17, 15) is 20.1 Å². The van der Waals surface area contributed by atoms with Crippen molar-refractivity contribution in [3.8, 4) is 0 Å². The number of aliphatic hydroxyl groups excluding tert-OH is 3. The third kappa shape index (κ3) is 2.51. The molecule has 0 amide bonds. The molecule has 2 aliphatic rings. The van der Waals surface area contributed by atoms with Gasteiger partial charge in [-0.15, -0.1) is 0 Å². The lowest BCUT2D eigenvalue weighted by molar-refractivity contribution is -0.183. The molecule has 5 nitrogen and oxygen atoms in total. The topological polar surface area (TPSA) is 87.0 Å². The molecule has 120 valence electrons. The van der Waals surface area contributed by atoms with Crippen molar-refractivity contribution in [3.63, 3.8) is 0 Å². The number of carbonyl (C=O) groups is 1. The van der Waals surface area contributed by atoms with Crippen LogP contribution in [0.3, 0.4) is 0 Å². The molecule has 0 radical (unpaired) electrons. The molecule has 7 atom stereocenters. The minimum absolute atomic E-state index is 0.137. The maximum absolute atomic E-state index is 11.7. The second-order valence-electron chi connectivity index (χ2n) is 6.86. The zero-order valence-electron chi connectivity index (χ0n) is 13.0. The normalized spacial score (nSPS) is 46.6. The Labute approximate surface area is 125 Å². The molecule has 21 heavy (non-hydrogen) atoms. The SMILES string of the molecule is C=C(C(=O)OC)[C@@H]1CCC2(C)C(C(C)C(O)C[C@H]2O)C1O. The molecule has 0 aromatic carbocycles. The molecular formula is C16H26O5. The highest BCUT2D eigenvalue weighted by molar-refractivity contribution is 5.88. The average Bonchev–Trinajstić information content (AvgIpc) is 2.44. The summed E-state index contributed by atoms with van der Waals surface area (Å²) in [5.74, 6) is -1.29. The van der Waals surface area contributed by atoms with Gasteiger partial charge in [-0.3, -0.25) is 0 Å². The van der Waals surface area contributed by atoms with E-state index in [1.165, 1.54) is 7.11 Å². The number of fused-ring (bicyclic) bond motifs is 1. The van der Waals surface area contributed by atoms with Crippen molar-refractivity contribution >= 4 is 5.97 Å². The first kappa shape index (κ1) is 16.5. The van der Waals surface area contributed by atoms with E-state index in [4.69, 9.17) is 4.74 Å². The first-order valence-electron chi connectivity index (χ1n) is 7.55. The van der Waals surface area contributed by atoms with E-state index in [0.29, 0.717) is 19.3 Å². The van der Waals surface area contributed by atoms with Crippen molar-refractivity contribution in [3.05, 3.63) is 12.2 Å². The molecule has 0 saturated heterocycles. The molecule has 2 fully saturated rings. The highest BCUT2D eigenvalue weighted by Crippen LogP contribution is 2.55. The van der Waals surface area contributed by atoms with Crippen molar-refractivity contribution in [2.45, 2.75) is 51.4 Å². The Bertz CT molecular complexity index is 434. The Morgan fingerprint density at radius 2 is 1.95 bits per heavy atom. The Morgan fingerprint density at radius 3 is 2.52 bits per heavy atom. The largest absolute Gasteiger partial charge is 0.466 e. The van der Waals surface area contributed by atoms with E-state index in [1.54, 1.807) is 0 Å². The minimum atomic E-state index is -0.810. The summed E-state index contributed by atoms with van der Waals surface area (Å²) >= 11 is 0. The van der Waals surface area contributed by atoms with E-state index in [2.05, 4.69) is 6.58 Å². The molecule has 2 rings (SSSR count). The van der Waals surface area contributed by atoms with Gasteiger partial charge in [0, 0.05) is 17.9 Å². The van der Waals surface area contributed by atoms with E-state index >= 15 is 0 Å². The molecule has 0 bridgehead atoms. The van der Waals surface area contributed by atoms with Gasteiger partial charge in [-0.2, -0.15) is 0 Å². The number of hydrogen-bond donors (Lipinski definition) is 3. The third-order valence-corrected chi connectivity index (χ3v) is 5.83. The van der Waals surface area contributed by atoms with Gasteiger partial charge in [0.15, 0.2) is 0 Å². The lowest BCUT2D eigenvalue weighted by atomic mass is 9.51. The summed E-state index contributed by atoms with van der Waals surface area (Å²) in [5, 5.41) is 31.2. The average molecular weight is 298 g/mol. The molecule has 3 N–H and O–H groups in total. The second kappa shape index (κ2) is 5.71. The first-order chi connectivity index (χ1) is 9.74. The Morgan fingerprint density at radius 1 is 1.33 bits per heavy atom. The minimum Gasteiger partial charge on any atom is -0.466 e. The van der Waals surface area contributed by atoms with Crippen LogP contribution in [0.15, 0.2) is 12.2 Å². The quantitative estimate of drug-likeness (QED) is 0.520. The number of carbonyl (C=O) groups excluding carboxylic acids is 1. The van der Waals surface area contributed by atoms with Gasteiger partial charge < -0.3 is 20.1 Å². The van der Waals surface area contributed by atoms with Crippen LogP contribution in [0.1, 0.15) is 33.1 Å². The predicted molar refractivity (Wildman–Crippen MR) is 77.3 cm³/mol. The standard InChI is InChI=1S/C16H26O5/c1-8(15(20)21-4)10-5-6-16(3)12(18)7-11(17)9(2)13(16)14(10)19/h9-14,17-19H,1,5-7H2,2-4H3/t9?,10-,11?,12+,13?,14?,16?/m0/s1. The van der Waals surface area contributed by atoms with Gasteiger partial charge in [-0.05, 0) is 30.1 Å². The molecule has 5 unspecified atom stereocenters. The summed E-state index contributed by atoms with van der Waals surface area (Å²) in [5.41, 5.74) is -0.167. The van der Waals surface area contributed by atoms with Crippen LogP contribution in [0.5, 0.6) is 0 Å². The summed E-state index contributed by atoms with van der Waals surface area (Å²) < 4.78 is 4.70. The van der Waals surface area contributed by atoms with E-state index in [-0.39, 0.29) is 23.3 Å². The number of aliphatic hydroxyl groups is 3. The van der Waals surface area contributed by atoms with E-state index < -0.39 is 29.7 Å². The zero-order valence-corrected chi connectivity index (χ0v) is 13.0. The Balaban J connectivity index is 2.29. The monoisotopic (exact) mass is 298 g/mol. The summed E-state index contributed by atoms with van der Waals surface area (Å²) in [4.78, 5) is 11.7. The molecule has 0 spiro atoms. The molecular weight excluding hydrogens is 272 g/mol. The summed E-state index contributed by atoms with van der Waals surface area (Å²) in [7, 11) is 1.30. The fraction of sp³-hybridized carbons (Fsp3) is 0.812. The van der Waals surface area contributed by atoms with Gasteiger partial charge in [0.05, 0.1) is 25.4 Å². The fourth-order valence-corrected chi connectivity index (χ4v) is 4.36. The van der Waals surface area contributed by atoms with Gasteiger partial charge in [0.25, 0.3) is 0 Å². The molecule has 0 aromatic heterocycles. The molecule has 2 aliphatic carbocycles. The maximum atomic E-state index is 11.7. The highest BCUT2D eigenvalue weighted by atomic mass is 16.5. The summed E-state index contributed by atoms with van der Waals surface area (Å²) in [6.45, 7) is 7.62. The third-order valence-electron chi connectivity index (χ3n) is 5.83. The fourth-order valence-electron chi connectivity index (χ4n) is 4.36. The number of esters is 1. The van der Waals surface area contributed by atoms with Gasteiger partial charge in [-0.1, -0.05) is 20.4 Å². The van der Waals surface area contributed by atoms with Crippen molar-refractivity contribution in [2.24, 2.45) is 23.2 Å². The van der Waals surface area contributed by atoms with Crippen molar-refractivity contribution in [1.29, 1.82) is 0 Å². The van der Waals surface area contributed by atoms with Gasteiger partial charge in [0.2, 0.25) is 0 Å². The van der Waals surface area contributed by atoms with Crippen LogP contribution in [0.25, 0.3) is 0 Å². The van der Waals surface area contributed by atoms with Crippen LogP contribution >= 0.6 is 0 Å². The van der Waals surface area contributed by atoms with Crippen LogP contribution in [0.2, 0.25) is 0 Å². The number of rotatable bonds is 2. The van der Waals surface area contributed by atoms with Crippen molar-refractivity contribution in [1.82, 2.24) is 0 Å². The lowest BCUT2D eigenvalue weighted by Crippen LogP contribution is -2.59. The predicted octanol–water partition coefficient (Wildman–Crippen LogP) is 0.871. The second-order valence-corrected chi connectivity index (χ2v) is 6.86. The Kier molecular flexibility index (Phi) is 4.47. The first-order valence-corrected chi connectivity index (χ1v) is 7.55. The van der Waals surface area contributed by atoms with E-state index in [1.807, 2.05) is 13.8 Å². The highest BCUT2D eigenvalue weighted by Gasteiger charge is 2.56. The molecule has 2 saturated carbocycles. The van der Waals surface area contributed by atoms with Gasteiger partial charge in [0.1, 0.15) is 0 Å². The van der Waals surface area contributed by atoms with Gasteiger partial charge in [-0.25, -0.2) is 4.79 Å². The number of hydrogen-bond acceptors (Lipinski definition) is 5. The van der Waals surface area contributed by atoms with E-state index in [0.717, 1.165) is 0 Å². The van der Waals surface area contributed by atoms with Crippen LogP contribution in [0.4, 0.5) is 0 Å². The van der Waals surface area contributed by atoms with Crippen LogP contribution in [-0.2, 0) is 9.53 Å². The molecule has 0 aliphatic heterocycles. The maximum Gasteiger partial charge on any atom is 0.333 e. The molecule has 0 heterocycles. The number of methoxy groups -OCH3 is 1. The summed E-state index contributed by atoms with van der Waals surface area (Å²) in [6.07, 6.45) is -0.484. The zero-order chi connectivity index (χ0) is 15.9. The smallest absolute Gasteiger partial charge is 0.333 e. The van der Waals surface area contributed by atoms with Crippen LogP contribution in [0, 0.1) is 23.2 Å².